The van der Waals surface area contributed by atoms with Crippen LogP contribution in [0.2, 0.25) is 0 Å². The van der Waals surface area contributed by atoms with Crippen molar-refractivity contribution in [1.29, 1.82) is 0 Å². The van der Waals surface area contributed by atoms with E-state index in [1.165, 1.54) is 6.92 Å². The molecule has 13 heavy (non-hydrogen) atoms. The van der Waals surface area contributed by atoms with E-state index < -0.39 is 18.4 Å². The van der Waals surface area contributed by atoms with Crippen molar-refractivity contribution in [2.45, 2.75) is 44.8 Å². The van der Waals surface area contributed by atoms with Gasteiger partial charge in [-0.15, -0.1) is 0 Å². The van der Waals surface area contributed by atoms with E-state index in [0.717, 1.165) is 0 Å². The SMILES string of the molecule is CC(=O)O[C@H]1[C@H](O)O[C@H](C)C[C@@H]1N. The molecule has 4 atom stereocenters. The molecule has 3 N–H and O–H groups in total. The van der Waals surface area contributed by atoms with Gasteiger partial charge < -0.3 is 20.3 Å². The van der Waals surface area contributed by atoms with Gasteiger partial charge in [-0.3, -0.25) is 4.79 Å². The van der Waals surface area contributed by atoms with Crippen molar-refractivity contribution < 1.29 is 19.4 Å². The summed E-state index contributed by atoms with van der Waals surface area (Å²) in [7, 11) is 0. The highest BCUT2D eigenvalue weighted by molar-refractivity contribution is 5.66. The van der Waals surface area contributed by atoms with E-state index >= 15 is 0 Å². The lowest BCUT2D eigenvalue weighted by atomic mass is 10.0. The average Bonchev–Trinajstić information content (AvgIpc) is 1.96. The van der Waals surface area contributed by atoms with Gasteiger partial charge in [0, 0.05) is 13.0 Å². The highest BCUT2D eigenvalue weighted by atomic mass is 16.6. The van der Waals surface area contributed by atoms with Gasteiger partial charge in [0.2, 0.25) is 0 Å². The van der Waals surface area contributed by atoms with Crippen LogP contribution in [0.3, 0.4) is 0 Å². The zero-order chi connectivity index (χ0) is 10.0. The Morgan fingerprint density at radius 2 is 2.31 bits per heavy atom. The van der Waals surface area contributed by atoms with Crippen LogP contribution in [0.4, 0.5) is 0 Å². The maximum absolute atomic E-state index is 10.6. The lowest BCUT2D eigenvalue weighted by Crippen LogP contribution is -2.53. The van der Waals surface area contributed by atoms with Gasteiger partial charge in [-0.05, 0) is 13.3 Å². The van der Waals surface area contributed by atoms with Crippen LogP contribution in [0.25, 0.3) is 0 Å². The first kappa shape index (κ1) is 10.4. The van der Waals surface area contributed by atoms with E-state index in [1.807, 2.05) is 6.92 Å². The molecule has 0 aliphatic carbocycles. The Morgan fingerprint density at radius 1 is 1.69 bits per heavy atom. The van der Waals surface area contributed by atoms with E-state index in [4.69, 9.17) is 15.2 Å². The molecule has 76 valence electrons. The molecular formula is C8H15NO4. The number of hydrogen-bond acceptors (Lipinski definition) is 5. The van der Waals surface area contributed by atoms with Crippen molar-refractivity contribution in [2.24, 2.45) is 5.73 Å². The van der Waals surface area contributed by atoms with Crippen molar-refractivity contribution in [1.82, 2.24) is 0 Å². The second-order valence-corrected chi connectivity index (χ2v) is 3.31. The third kappa shape index (κ3) is 2.65. The largest absolute Gasteiger partial charge is 0.455 e. The van der Waals surface area contributed by atoms with E-state index in [9.17, 15) is 9.90 Å². The fourth-order valence-corrected chi connectivity index (χ4v) is 1.44. The average molecular weight is 189 g/mol. The number of esters is 1. The highest BCUT2D eigenvalue weighted by Crippen LogP contribution is 2.19. The van der Waals surface area contributed by atoms with Crippen LogP contribution in [0.1, 0.15) is 20.3 Å². The molecular weight excluding hydrogens is 174 g/mol. The summed E-state index contributed by atoms with van der Waals surface area (Å²) in [6.45, 7) is 3.09. The number of aliphatic hydroxyl groups is 1. The molecule has 1 aliphatic heterocycles. The van der Waals surface area contributed by atoms with Crippen LogP contribution in [0, 0.1) is 0 Å². The Bertz CT molecular complexity index is 185. The third-order valence-corrected chi connectivity index (χ3v) is 1.98. The summed E-state index contributed by atoms with van der Waals surface area (Å²) in [4.78, 5) is 10.6. The summed E-state index contributed by atoms with van der Waals surface area (Å²) < 4.78 is 9.89. The molecule has 0 unspecified atom stereocenters. The quantitative estimate of drug-likeness (QED) is 0.537. The first-order valence-corrected chi connectivity index (χ1v) is 4.27. The number of ether oxygens (including phenoxy) is 2. The van der Waals surface area contributed by atoms with E-state index in [2.05, 4.69) is 0 Å². The number of carbonyl (C=O) groups excluding carboxylic acids is 1. The first-order chi connectivity index (χ1) is 6.00. The predicted molar refractivity (Wildman–Crippen MR) is 44.7 cm³/mol. The number of rotatable bonds is 1. The Hall–Kier alpha value is -0.650. The maximum Gasteiger partial charge on any atom is 0.303 e. The Labute approximate surface area is 76.8 Å². The van der Waals surface area contributed by atoms with Gasteiger partial charge >= 0.3 is 5.97 Å². The molecule has 1 fully saturated rings. The van der Waals surface area contributed by atoms with Gasteiger partial charge in [0.05, 0.1) is 6.10 Å². The predicted octanol–water partition coefficient (Wildman–Crippen LogP) is -0.627. The highest BCUT2D eigenvalue weighted by Gasteiger charge is 2.36. The van der Waals surface area contributed by atoms with Crippen LogP contribution in [0.15, 0.2) is 0 Å². The standard InChI is InChI=1S/C8H15NO4/c1-4-3-6(9)7(8(11)12-4)13-5(2)10/h4,6-8,11H,3,9H2,1-2H3/t4-,6+,7-,8-/m1/s1. The van der Waals surface area contributed by atoms with Gasteiger partial charge in [0.15, 0.2) is 12.4 Å². The van der Waals surface area contributed by atoms with Crippen molar-refractivity contribution in [3.63, 3.8) is 0 Å². The lowest BCUT2D eigenvalue weighted by molar-refractivity contribution is -0.228. The molecule has 0 saturated carbocycles. The zero-order valence-corrected chi connectivity index (χ0v) is 7.77. The molecule has 1 heterocycles. The Kier molecular flexibility index (Phi) is 3.24. The molecule has 0 bridgehead atoms. The summed E-state index contributed by atoms with van der Waals surface area (Å²) >= 11 is 0. The topological polar surface area (TPSA) is 81.8 Å². The van der Waals surface area contributed by atoms with Crippen LogP contribution >= 0.6 is 0 Å². The second kappa shape index (κ2) is 4.04. The van der Waals surface area contributed by atoms with Crippen molar-refractivity contribution in [3.8, 4) is 0 Å². The monoisotopic (exact) mass is 189 g/mol. The molecule has 0 aromatic rings. The molecule has 5 heteroatoms. The van der Waals surface area contributed by atoms with Gasteiger partial charge in [-0.2, -0.15) is 0 Å². The lowest BCUT2D eigenvalue weighted by Gasteiger charge is -2.35. The van der Waals surface area contributed by atoms with Crippen LogP contribution < -0.4 is 5.73 Å². The molecule has 0 amide bonds. The van der Waals surface area contributed by atoms with E-state index in [-0.39, 0.29) is 12.1 Å². The smallest absolute Gasteiger partial charge is 0.303 e. The summed E-state index contributed by atoms with van der Waals surface area (Å²) in [5, 5.41) is 9.38. The molecule has 0 aromatic heterocycles. The zero-order valence-electron chi connectivity index (χ0n) is 7.77. The summed E-state index contributed by atoms with van der Waals surface area (Å²) in [6, 6.07) is -0.359. The maximum atomic E-state index is 10.6. The summed E-state index contributed by atoms with van der Waals surface area (Å²) in [6.07, 6.45) is -1.37. The molecule has 1 aliphatic rings. The molecule has 1 saturated heterocycles. The van der Waals surface area contributed by atoms with Gasteiger partial charge in [0.25, 0.3) is 0 Å². The fourth-order valence-electron chi connectivity index (χ4n) is 1.44. The normalized spacial score (nSPS) is 40.0. The molecule has 1 rings (SSSR count). The van der Waals surface area contributed by atoms with Gasteiger partial charge in [-0.25, -0.2) is 0 Å². The third-order valence-electron chi connectivity index (χ3n) is 1.98. The van der Waals surface area contributed by atoms with Gasteiger partial charge in [-0.1, -0.05) is 0 Å². The Morgan fingerprint density at radius 3 is 2.77 bits per heavy atom. The van der Waals surface area contributed by atoms with Crippen LogP contribution in [-0.2, 0) is 14.3 Å². The van der Waals surface area contributed by atoms with Crippen molar-refractivity contribution in [2.75, 3.05) is 0 Å². The van der Waals surface area contributed by atoms with Crippen LogP contribution in [-0.4, -0.2) is 35.6 Å². The molecule has 0 radical (unpaired) electrons. The Balaban J connectivity index is 2.56. The number of carbonyl (C=O) groups is 1. The summed E-state index contributed by atoms with van der Waals surface area (Å²) in [5.41, 5.74) is 5.69. The van der Waals surface area contributed by atoms with E-state index in [1.54, 1.807) is 0 Å². The molecule has 0 aromatic carbocycles. The van der Waals surface area contributed by atoms with Crippen molar-refractivity contribution >= 4 is 5.97 Å². The van der Waals surface area contributed by atoms with Crippen LogP contribution in [0.5, 0.6) is 0 Å². The number of nitrogens with two attached hydrogens (primary N) is 1. The molecule has 5 nitrogen and oxygen atoms in total. The second-order valence-electron chi connectivity index (χ2n) is 3.31. The fraction of sp³-hybridized carbons (Fsp3) is 0.875. The molecule has 0 spiro atoms. The van der Waals surface area contributed by atoms with E-state index in [0.29, 0.717) is 6.42 Å². The minimum Gasteiger partial charge on any atom is -0.455 e. The minimum atomic E-state index is -1.11. The van der Waals surface area contributed by atoms with Gasteiger partial charge in [0.1, 0.15) is 0 Å². The number of hydrogen-bond donors (Lipinski definition) is 2. The first-order valence-electron chi connectivity index (χ1n) is 4.27. The minimum absolute atomic E-state index is 0.100. The summed E-state index contributed by atoms with van der Waals surface area (Å²) in [5.74, 6) is -0.461. The number of aliphatic hydroxyl groups excluding tert-OH is 1. The van der Waals surface area contributed by atoms with Crippen molar-refractivity contribution in [3.05, 3.63) is 0 Å².